The molecule has 0 radical (unpaired) electrons. The topological polar surface area (TPSA) is 111 Å². The Labute approximate surface area is 212 Å². The molecule has 0 aromatic heterocycles. The van der Waals surface area contributed by atoms with Crippen molar-refractivity contribution in [2.75, 3.05) is 25.4 Å². The minimum absolute atomic E-state index is 0.0380. The van der Waals surface area contributed by atoms with E-state index in [-0.39, 0.29) is 23.7 Å². The Morgan fingerprint density at radius 2 is 1.80 bits per heavy atom. The number of carbonyl (C=O) groups is 2. The molecule has 1 aliphatic rings. The van der Waals surface area contributed by atoms with Gasteiger partial charge in [0.15, 0.2) is 5.96 Å². The fourth-order valence-electron chi connectivity index (χ4n) is 4.10. The highest BCUT2D eigenvalue weighted by molar-refractivity contribution is 7.80. The van der Waals surface area contributed by atoms with E-state index in [4.69, 9.17) is 11.1 Å². The summed E-state index contributed by atoms with van der Waals surface area (Å²) in [6.45, 7) is 1.76. The van der Waals surface area contributed by atoms with Crippen LogP contribution in [0.25, 0.3) is 0 Å². The van der Waals surface area contributed by atoms with Crippen LogP contribution in [0, 0.1) is 23.2 Å². The molecule has 7 nitrogen and oxygen atoms in total. The third-order valence-electron chi connectivity index (χ3n) is 5.92. The summed E-state index contributed by atoms with van der Waals surface area (Å²) >= 11 is 4.16. The van der Waals surface area contributed by atoms with Gasteiger partial charge in [-0.15, -0.1) is 0 Å². The molecule has 184 valence electrons. The molecule has 1 aliphatic heterocycles. The van der Waals surface area contributed by atoms with Crippen LogP contribution in [0.1, 0.15) is 36.0 Å². The van der Waals surface area contributed by atoms with Gasteiger partial charge >= 0.3 is 0 Å². The first-order valence-electron chi connectivity index (χ1n) is 11.9. The van der Waals surface area contributed by atoms with Crippen LogP contribution in [0.15, 0.2) is 54.6 Å². The molecule has 0 bridgehead atoms. The largest absolute Gasteiger partial charge is 0.370 e. The number of nitrogens with two attached hydrogens (primary N) is 1. The number of nitrogens with one attached hydrogen (secondary N) is 3. The van der Waals surface area contributed by atoms with E-state index in [1.165, 1.54) is 0 Å². The van der Waals surface area contributed by atoms with Crippen molar-refractivity contribution in [1.29, 1.82) is 5.41 Å². The number of hydrogen-bond acceptors (Lipinski definition) is 4. The van der Waals surface area contributed by atoms with E-state index in [0.29, 0.717) is 31.7 Å². The lowest BCUT2D eigenvalue weighted by Gasteiger charge is -2.32. The molecule has 8 heteroatoms. The first-order valence-corrected chi connectivity index (χ1v) is 12.5. The average molecular weight is 492 g/mol. The summed E-state index contributed by atoms with van der Waals surface area (Å²) in [5, 5.41) is 13.4. The summed E-state index contributed by atoms with van der Waals surface area (Å²) in [5.74, 6) is 6.55. The van der Waals surface area contributed by atoms with Crippen molar-refractivity contribution in [2.24, 2.45) is 11.7 Å². The smallest absolute Gasteiger partial charge is 0.242 e. The minimum atomic E-state index is -0.684. The maximum Gasteiger partial charge on any atom is 0.242 e. The predicted molar refractivity (Wildman–Crippen MR) is 142 cm³/mol. The molecule has 0 saturated carbocycles. The van der Waals surface area contributed by atoms with E-state index in [0.717, 1.165) is 36.1 Å². The van der Waals surface area contributed by atoms with Crippen LogP contribution >= 0.6 is 12.6 Å². The zero-order valence-corrected chi connectivity index (χ0v) is 20.7. The van der Waals surface area contributed by atoms with Crippen molar-refractivity contribution in [1.82, 2.24) is 15.5 Å². The Hall–Kier alpha value is -3.44. The molecule has 0 unspecified atom stereocenters. The lowest BCUT2D eigenvalue weighted by molar-refractivity contribution is -0.129. The van der Waals surface area contributed by atoms with Gasteiger partial charge in [-0.05, 0) is 48.6 Å². The van der Waals surface area contributed by atoms with Crippen LogP contribution in [0.2, 0.25) is 0 Å². The number of amides is 2. The van der Waals surface area contributed by atoms with Gasteiger partial charge in [0.05, 0.1) is 0 Å². The lowest BCUT2D eigenvalue weighted by Crippen LogP contribution is -2.49. The molecule has 0 spiro atoms. The molecular weight excluding hydrogens is 458 g/mol. The number of likely N-dealkylation sites (tertiary alicyclic amines) is 1. The number of nitrogens with zero attached hydrogens (tertiary/aromatic N) is 1. The Balaban J connectivity index is 1.62. The standard InChI is InChI=1S/C27H33N5O2S/c28-27(29)32-15-4-7-23(19-32)18-25(33)31-24(26(34)30-14-16-35)17-22-12-10-21(11-13-22)9-8-20-5-2-1-3-6-20/h1-3,5-6,10-13,23-24,35H,4,7,14-19H2,(H3,28,29)(H,30,34)(H,31,33)/t23-,24+/m1/s1. The molecule has 0 aliphatic carbocycles. The first kappa shape index (κ1) is 26.2. The lowest BCUT2D eigenvalue weighted by atomic mass is 9.94. The second-order valence-electron chi connectivity index (χ2n) is 8.70. The van der Waals surface area contributed by atoms with Gasteiger partial charge in [0, 0.05) is 49.4 Å². The molecular formula is C27H33N5O2S. The quantitative estimate of drug-likeness (QED) is 0.169. The third-order valence-corrected chi connectivity index (χ3v) is 6.14. The zero-order valence-electron chi connectivity index (χ0n) is 19.8. The van der Waals surface area contributed by atoms with E-state index in [1.807, 2.05) is 54.6 Å². The Morgan fingerprint density at radius 1 is 1.11 bits per heavy atom. The van der Waals surface area contributed by atoms with E-state index in [1.54, 1.807) is 4.90 Å². The van der Waals surface area contributed by atoms with Crippen LogP contribution < -0.4 is 16.4 Å². The number of hydrogen-bond donors (Lipinski definition) is 5. The van der Waals surface area contributed by atoms with E-state index >= 15 is 0 Å². The monoisotopic (exact) mass is 491 g/mol. The Kier molecular flexibility index (Phi) is 10.1. The minimum Gasteiger partial charge on any atom is -0.370 e. The molecule has 2 atom stereocenters. The number of piperidine rings is 1. The highest BCUT2D eigenvalue weighted by Crippen LogP contribution is 2.19. The van der Waals surface area contributed by atoms with Gasteiger partial charge in [0.1, 0.15) is 6.04 Å². The van der Waals surface area contributed by atoms with Gasteiger partial charge in [-0.2, -0.15) is 12.6 Å². The summed E-state index contributed by atoms with van der Waals surface area (Å²) < 4.78 is 0. The van der Waals surface area contributed by atoms with Crippen molar-refractivity contribution < 1.29 is 9.59 Å². The van der Waals surface area contributed by atoms with Gasteiger partial charge in [0.25, 0.3) is 0 Å². The third kappa shape index (κ3) is 8.69. The van der Waals surface area contributed by atoms with Gasteiger partial charge in [-0.1, -0.05) is 42.2 Å². The molecule has 3 rings (SSSR count). The summed E-state index contributed by atoms with van der Waals surface area (Å²) in [6.07, 6.45) is 2.47. The summed E-state index contributed by atoms with van der Waals surface area (Å²) in [4.78, 5) is 27.4. The Bertz CT molecular complexity index is 1060. The molecule has 1 fully saturated rings. The number of carbonyl (C=O) groups excluding carboxylic acids is 2. The highest BCUT2D eigenvalue weighted by Gasteiger charge is 2.26. The number of guanidine groups is 1. The van der Waals surface area contributed by atoms with Crippen molar-refractivity contribution in [3.8, 4) is 11.8 Å². The fraction of sp³-hybridized carbons (Fsp3) is 0.370. The van der Waals surface area contributed by atoms with E-state index in [9.17, 15) is 9.59 Å². The highest BCUT2D eigenvalue weighted by atomic mass is 32.1. The van der Waals surface area contributed by atoms with Crippen LogP contribution in [0.3, 0.4) is 0 Å². The molecule has 2 amide bonds. The van der Waals surface area contributed by atoms with Gasteiger partial charge < -0.3 is 21.3 Å². The molecule has 1 saturated heterocycles. The van der Waals surface area contributed by atoms with Crippen LogP contribution in [0.4, 0.5) is 0 Å². The van der Waals surface area contributed by atoms with Gasteiger partial charge in [-0.3, -0.25) is 15.0 Å². The molecule has 2 aromatic carbocycles. The summed E-state index contributed by atoms with van der Waals surface area (Å²) in [6, 6.07) is 16.8. The molecule has 5 N–H and O–H groups in total. The summed E-state index contributed by atoms with van der Waals surface area (Å²) in [7, 11) is 0. The number of benzene rings is 2. The maximum absolute atomic E-state index is 12.8. The van der Waals surface area contributed by atoms with Crippen molar-refractivity contribution in [2.45, 2.75) is 31.7 Å². The second kappa shape index (κ2) is 13.4. The van der Waals surface area contributed by atoms with Crippen LogP contribution in [-0.4, -0.2) is 54.1 Å². The second-order valence-corrected chi connectivity index (χ2v) is 9.14. The van der Waals surface area contributed by atoms with Crippen molar-refractivity contribution in [3.63, 3.8) is 0 Å². The van der Waals surface area contributed by atoms with E-state index < -0.39 is 6.04 Å². The SMILES string of the molecule is N=C(N)N1CCC[C@H](CC(=O)N[C@@H](Cc2ccc(C#Cc3ccccc3)cc2)C(=O)NCCS)C1. The van der Waals surface area contributed by atoms with Crippen LogP contribution in [0.5, 0.6) is 0 Å². The normalized spacial score (nSPS) is 15.9. The first-order chi connectivity index (χ1) is 16.9. The predicted octanol–water partition coefficient (Wildman–Crippen LogP) is 2.16. The Morgan fingerprint density at radius 3 is 2.46 bits per heavy atom. The van der Waals surface area contributed by atoms with Crippen molar-refractivity contribution in [3.05, 3.63) is 71.3 Å². The molecule has 35 heavy (non-hydrogen) atoms. The van der Waals surface area contributed by atoms with Crippen LogP contribution in [-0.2, 0) is 16.0 Å². The molecule has 2 aromatic rings. The molecule has 1 heterocycles. The summed E-state index contributed by atoms with van der Waals surface area (Å²) in [5.41, 5.74) is 8.37. The van der Waals surface area contributed by atoms with Gasteiger partial charge in [-0.25, -0.2) is 0 Å². The number of rotatable bonds is 8. The van der Waals surface area contributed by atoms with Crippen molar-refractivity contribution >= 4 is 30.4 Å². The van der Waals surface area contributed by atoms with E-state index in [2.05, 4.69) is 35.1 Å². The average Bonchev–Trinajstić information content (AvgIpc) is 2.87. The maximum atomic E-state index is 12.8. The zero-order chi connectivity index (χ0) is 25.0. The number of thiol groups is 1. The van der Waals surface area contributed by atoms with Gasteiger partial charge in [0.2, 0.25) is 11.8 Å². The fourth-order valence-corrected chi connectivity index (χ4v) is 4.21.